The number of benzene rings is 1. The zero-order valence-corrected chi connectivity index (χ0v) is 11.5. The molecule has 0 saturated carbocycles. The number of aliphatic hydroxyl groups is 1. The summed E-state index contributed by atoms with van der Waals surface area (Å²) in [6.07, 6.45) is 0. The number of rotatable bonds is 6. The van der Waals surface area contributed by atoms with Gasteiger partial charge in [-0.05, 0) is 30.5 Å². The molecule has 0 heterocycles. The van der Waals surface area contributed by atoms with Crippen molar-refractivity contribution in [1.82, 2.24) is 0 Å². The fourth-order valence-corrected chi connectivity index (χ4v) is 2.34. The molecule has 1 aromatic rings. The lowest BCUT2D eigenvalue weighted by molar-refractivity contribution is -0.155. The number of carbonyl (C=O) groups is 1. The van der Waals surface area contributed by atoms with Crippen LogP contribution in [0.5, 0.6) is 5.75 Å². The smallest absolute Gasteiger partial charge is 0.387 e. The molecule has 1 rings (SSSR count). The number of alkyl halides is 2. The molecule has 0 radical (unpaired) electrons. The monoisotopic (exact) mass is 288 g/mol. The number of ether oxygens (including phenoxy) is 1. The minimum atomic E-state index is -2.98. The van der Waals surface area contributed by atoms with Crippen LogP contribution >= 0.6 is 0 Å². The summed E-state index contributed by atoms with van der Waals surface area (Å²) in [5.41, 5.74) is -1.47. The highest BCUT2D eigenvalue weighted by Gasteiger charge is 2.41. The number of halogens is 2. The predicted octanol–water partition coefficient (Wildman–Crippen LogP) is 2.85. The second-order valence-corrected chi connectivity index (χ2v) is 5.11. The Kier molecular flexibility index (Phi) is 5.05. The van der Waals surface area contributed by atoms with Crippen molar-refractivity contribution in [2.24, 2.45) is 11.8 Å². The molecule has 2 unspecified atom stereocenters. The van der Waals surface area contributed by atoms with Gasteiger partial charge in [0.05, 0.1) is 5.92 Å². The lowest BCUT2D eigenvalue weighted by Crippen LogP contribution is -2.40. The van der Waals surface area contributed by atoms with E-state index in [2.05, 4.69) is 4.74 Å². The molecule has 2 N–H and O–H groups in total. The van der Waals surface area contributed by atoms with Gasteiger partial charge in [-0.25, -0.2) is 0 Å². The van der Waals surface area contributed by atoms with E-state index < -0.39 is 24.1 Å². The Hall–Kier alpha value is -1.69. The molecule has 2 atom stereocenters. The van der Waals surface area contributed by atoms with E-state index in [0.29, 0.717) is 0 Å². The average Bonchev–Trinajstić information content (AvgIpc) is 2.26. The summed E-state index contributed by atoms with van der Waals surface area (Å²) in [7, 11) is 0. The van der Waals surface area contributed by atoms with E-state index in [4.69, 9.17) is 0 Å². The summed E-state index contributed by atoms with van der Waals surface area (Å²) in [5, 5.41) is 19.8. The van der Waals surface area contributed by atoms with Gasteiger partial charge in [0.25, 0.3) is 0 Å². The van der Waals surface area contributed by atoms with Crippen LogP contribution in [0.25, 0.3) is 0 Å². The number of hydrogen-bond donors (Lipinski definition) is 2. The molecule has 4 nitrogen and oxygen atoms in total. The van der Waals surface area contributed by atoms with Crippen molar-refractivity contribution in [3.05, 3.63) is 29.8 Å². The van der Waals surface area contributed by atoms with E-state index >= 15 is 0 Å². The first kappa shape index (κ1) is 16.4. The number of carboxylic acids is 1. The standard InChI is InChI=1S/C14H18F2O4/c1-8(2)11(12(17)18)14(3,19)9-5-4-6-10(7-9)20-13(15)16/h4-8,11,13,19H,1-3H3,(H,17,18). The zero-order chi connectivity index (χ0) is 15.5. The van der Waals surface area contributed by atoms with Gasteiger partial charge in [0.2, 0.25) is 0 Å². The van der Waals surface area contributed by atoms with E-state index in [-0.39, 0.29) is 17.2 Å². The van der Waals surface area contributed by atoms with Gasteiger partial charge in [-0.1, -0.05) is 26.0 Å². The van der Waals surface area contributed by atoms with E-state index in [1.807, 2.05) is 0 Å². The van der Waals surface area contributed by atoms with Crippen LogP contribution in [-0.2, 0) is 10.4 Å². The molecule has 0 aliphatic carbocycles. The molecule has 0 bridgehead atoms. The van der Waals surface area contributed by atoms with Gasteiger partial charge in [0, 0.05) is 0 Å². The highest BCUT2D eigenvalue weighted by Crippen LogP contribution is 2.36. The van der Waals surface area contributed by atoms with Crippen molar-refractivity contribution in [1.29, 1.82) is 0 Å². The van der Waals surface area contributed by atoms with Crippen LogP contribution in [0.3, 0.4) is 0 Å². The lowest BCUT2D eigenvalue weighted by atomic mass is 9.76. The summed E-state index contributed by atoms with van der Waals surface area (Å²) in [6.45, 7) is 1.72. The second kappa shape index (κ2) is 6.17. The second-order valence-electron chi connectivity index (χ2n) is 5.11. The van der Waals surface area contributed by atoms with Crippen molar-refractivity contribution in [3.63, 3.8) is 0 Å². The Morgan fingerprint density at radius 1 is 1.35 bits per heavy atom. The molecule has 0 spiro atoms. The highest BCUT2D eigenvalue weighted by atomic mass is 19.3. The van der Waals surface area contributed by atoms with Crippen molar-refractivity contribution in [3.8, 4) is 5.75 Å². The Morgan fingerprint density at radius 3 is 2.40 bits per heavy atom. The average molecular weight is 288 g/mol. The van der Waals surface area contributed by atoms with E-state index in [0.717, 1.165) is 0 Å². The molecule has 1 aromatic carbocycles. The Balaban J connectivity index is 3.16. The van der Waals surface area contributed by atoms with Gasteiger partial charge in [0.1, 0.15) is 11.4 Å². The van der Waals surface area contributed by atoms with E-state index in [1.54, 1.807) is 13.8 Å². The first-order chi connectivity index (χ1) is 9.16. The van der Waals surface area contributed by atoms with E-state index in [1.165, 1.54) is 31.2 Å². The minimum Gasteiger partial charge on any atom is -0.481 e. The SMILES string of the molecule is CC(C)C(C(=O)O)C(C)(O)c1cccc(OC(F)F)c1. The third kappa shape index (κ3) is 3.66. The van der Waals surface area contributed by atoms with Crippen LogP contribution in [-0.4, -0.2) is 22.8 Å². The third-order valence-corrected chi connectivity index (χ3v) is 3.18. The number of aliphatic carboxylic acids is 1. The normalized spacial score (nSPS) is 16.0. The van der Waals surface area contributed by atoms with Crippen molar-refractivity contribution >= 4 is 5.97 Å². The summed E-state index contributed by atoms with van der Waals surface area (Å²) in [4.78, 5) is 11.3. The number of carboxylic acid groups (broad SMARTS) is 1. The predicted molar refractivity (Wildman–Crippen MR) is 68.6 cm³/mol. The molecule has 0 amide bonds. The molecular weight excluding hydrogens is 270 g/mol. The maximum absolute atomic E-state index is 12.2. The lowest BCUT2D eigenvalue weighted by Gasteiger charge is -2.33. The van der Waals surface area contributed by atoms with Gasteiger partial charge in [-0.2, -0.15) is 8.78 Å². The molecular formula is C14H18F2O4. The molecule has 0 fully saturated rings. The molecule has 6 heteroatoms. The van der Waals surface area contributed by atoms with Gasteiger partial charge in [-0.3, -0.25) is 4.79 Å². The van der Waals surface area contributed by atoms with Crippen molar-refractivity contribution in [2.45, 2.75) is 33.0 Å². The quantitative estimate of drug-likeness (QED) is 0.844. The van der Waals surface area contributed by atoms with Crippen LogP contribution < -0.4 is 4.74 Å². The Morgan fingerprint density at radius 2 is 1.95 bits per heavy atom. The van der Waals surface area contributed by atoms with Crippen LogP contribution in [0.1, 0.15) is 26.3 Å². The molecule has 0 aromatic heterocycles. The minimum absolute atomic E-state index is 0.120. The molecule has 0 aliphatic heterocycles. The van der Waals surface area contributed by atoms with E-state index in [9.17, 15) is 23.8 Å². The maximum atomic E-state index is 12.2. The summed E-state index contributed by atoms with van der Waals surface area (Å²) in [5.74, 6) is -2.66. The first-order valence-corrected chi connectivity index (χ1v) is 6.16. The zero-order valence-electron chi connectivity index (χ0n) is 11.5. The van der Waals surface area contributed by atoms with Crippen LogP contribution in [0.15, 0.2) is 24.3 Å². The van der Waals surface area contributed by atoms with Gasteiger partial charge in [-0.15, -0.1) is 0 Å². The number of hydrogen-bond acceptors (Lipinski definition) is 3. The Bertz CT molecular complexity index is 472. The Labute approximate surface area is 116 Å². The van der Waals surface area contributed by atoms with Gasteiger partial charge >= 0.3 is 12.6 Å². The third-order valence-electron chi connectivity index (χ3n) is 3.18. The summed E-state index contributed by atoms with van der Waals surface area (Å²) >= 11 is 0. The summed E-state index contributed by atoms with van der Waals surface area (Å²) in [6, 6.07) is 5.46. The van der Waals surface area contributed by atoms with Crippen LogP contribution in [0.2, 0.25) is 0 Å². The van der Waals surface area contributed by atoms with Crippen LogP contribution in [0, 0.1) is 11.8 Å². The fourth-order valence-electron chi connectivity index (χ4n) is 2.34. The van der Waals surface area contributed by atoms with Gasteiger partial charge < -0.3 is 14.9 Å². The highest BCUT2D eigenvalue weighted by molar-refractivity contribution is 5.72. The molecule has 0 saturated heterocycles. The summed E-state index contributed by atoms with van der Waals surface area (Å²) < 4.78 is 28.6. The fraction of sp³-hybridized carbons (Fsp3) is 0.500. The van der Waals surface area contributed by atoms with Crippen molar-refractivity contribution in [2.75, 3.05) is 0 Å². The van der Waals surface area contributed by atoms with Gasteiger partial charge in [0.15, 0.2) is 0 Å². The topological polar surface area (TPSA) is 66.8 Å². The molecule has 112 valence electrons. The molecule has 20 heavy (non-hydrogen) atoms. The maximum Gasteiger partial charge on any atom is 0.387 e. The van der Waals surface area contributed by atoms with Crippen molar-refractivity contribution < 1.29 is 28.5 Å². The molecule has 0 aliphatic rings. The largest absolute Gasteiger partial charge is 0.481 e. The first-order valence-electron chi connectivity index (χ1n) is 6.16. The van der Waals surface area contributed by atoms with Crippen LogP contribution in [0.4, 0.5) is 8.78 Å².